The second kappa shape index (κ2) is 5.36. The molecule has 0 amide bonds. The van der Waals surface area contributed by atoms with Gasteiger partial charge in [-0.1, -0.05) is 30.7 Å². The van der Waals surface area contributed by atoms with Crippen molar-refractivity contribution in [3.8, 4) is 0 Å². The highest BCUT2D eigenvalue weighted by Crippen LogP contribution is 2.39. The van der Waals surface area contributed by atoms with Crippen LogP contribution < -0.4 is 5.32 Å². The first-order valence-corrected chi connectivity index (χ1v) is 6.61. The highest BCUT2D eigenvalue weighted by molar-refractivity contribution is 6.30. The Labute approximate surface area is 107 Å². The topological polar surface area (TPSA) is 12.0 Å². The van der Waals surface area contributed by atoms with E-state index >= 15 is 0 Å². The monoisotopic (exact) mass is 255 g/mol. The van der Waals surface area contributed by atoms with Gasteiger partial charge in [-0.2, -0.15) is 0 Å². The Morgan fingerprint density at radius 1 is 1.47 bits per heavy atom. The molecule has 94 valence electrons. The second-order valence-electron chi connectivity index (χ2n) is 5.01. The summed E-state index contributed by atoms with van der Waals surface area (Å²) in [5.74, 6) is 1.14. The minimum atomic E-state index is -0.266. The number of benzene rings is 1. The Morgan fingerprint density at radius 3 is 2.76 bits per heavy atom. The van der Waals surface area contributed by atoms with Crippen molar-refractivity contribution in [1.82, 2.24) is 5.32 Å². The molecule has 0 spiro atoms. The molecule has 2 atom stereocenters. The molecule has 3 heteroatoms. The number of halogens is 2. The fourth-order valence-corrected chi connectivity index (χ4v) is 2.64. The fraction of sp³-hybridized carbons (Fsp3) is 0.571. The van der Waals surface area contributed by atoms with Crippen LogP contribution in [0.4, 0.5) is 4.39 Å². The first-order chi connectivity index (χ1) is 8.13. The summed E-state index contributed by atoms with van der Waals surface area (Å²) >= 11 is 5.80. The molecule has 1 fully saturated rings. The van der Waals surface area contributed by atoms with E-state index in [1.54, 1.807) is 6.07 Å². The molecule has 17 heavy (non-hydrogen) atoms. The van der Waals surface area contributed by atoms with E-state index in [0.29, 0.717) is 23.9 Å². The SMILES string of the molecule is CNC(Cc1cccc(Cl)c1F)C(C)C1CC1. The third kappa shape index (κ3) is 2.99. The minimum absolute atomic E-state index is 0.219. The predicted octanol–water partition coefficient (Wildman–Crippen LogP) is 3.66. The molecule has 2 rings (SSSR count). The molecule has 1 nitrogen and oxygen atoms in total. The smallest absolute Gasteiger partial charge is 0.145 e. The molecule has 0 bridgehead atoms. The van der Waals surface area contributed by atoms with Crippen molar-refractivity contribution in [2.45, 2.75) is 32.2 Å². The van der Waals surface area contributed by atoms with Crippen molar-refractivity contribution in [2.24, 2.45) is 11.8 Å². The number of rotatable bonds is 5. The van der Waals surface area contributed by atoms with Gasteiger partial charge in [0.2, 0.25) is 0 Å². The van der Waals surface area contributed by atoms with Crippen LogP contribution in [0.15, 0.2) is 18.2 Å². The third-order valence-corrected chi connectivity index (χ3v) is 4.13. The molecular weight excluding hydrogens is 237 g/mol. The summed E-state index contributed by atoms with van der Waals surface area (Å²) < 4.78 is 13.8. The quantitative estimate of drug-likeness (QED) is 0.847. The van der Waals surface area contributed by atoms with Gasteiger partial charge in [-0.05, 0) is 49.8 Å². The summed E-state index contributed by atoms with van der Waals surface area (Å²) in [5, 5.41) is 3.53. The lowest BCUT2D eigenvalue weighted by atomic mass is 9.91. The van der Waals surface area contributed by atoms with Gasteiger partial charge in [0.05, 0.1) is 5.02 Å². The van der Waals surface area contributed by atoms with Crippen LogP contribution in [0, 0.1) is 17.7 Å². The van der Waals surface area contributed by atoms with Crippen LogP contribution in [0.3, 0.4) is 0 Å². The van der Waals surface area contributed by atoms with E-state index < -0.39 is 0 Å². The van der Waals surface area contributed by atoms with Crippen LogP contribution >= 0.6 is 11.6 Å². The summed E-state index contributed by atoms with van der Waals surface area (Å²) in [6, 6.07) is 5.56. The standard InChI is InChI=1S/C14H19ClFN/c1-9(10-6-7-10)13(17-2)8-11-4-3-5-12(15)14(11)16/h3-5,9-10,13,17H,6-8H2,1-2H3. The molecule has 1 aromatic carbocycles. The van der Waals surface area contributed by atoms with E-state index in [0.717, 1.165) is 5.92 Å². The zero-order valence-electron chi connectivity index (χ0n) is 10.3. The lowest BCUT2D eigenvalue weighted by Crippen LogP contribution is -2.35. The molecule has 0 aromatic heterocycles. The normalized spacial score (nSPS) is 19.1. The van der Waals surface area contributed by atoms with E-state index in [9.17, 15) is 4.39 Å². The lowest BCUT2D eigenvalue weighted by molar-refractivity contribution is 0.354. The van der Waals surface area contributed by atoms with Crippen molar-refractivity contribution < 1.29 is 4.39 Å². The number of nitrogens with one attached hydrogen (secondary N) is 1. The van der Waals surface area contributed by atoms with Gasteiger partial charge in [0.25, 0.3) is 0 Å². The summed E-state index contributed by atoms with van der Waals surface area (Å²) in [7, 11) is 1.95. The number of likely N-dealkylation sites (N-methyl/N-ethyl adjacent to an activating group) is 1. The van der Waals surface area contributed by atoms with Crippen molar-refractivity contribution in [2.75, 3.05) is 7.05 Å². The molecule has 0 aliphatic heterocycles. The Bertz CT molecular complexity index is 390. The Kier molecular flexibility index (Phi) is 4.05. The first-order valence-electron chi connectivity index (χ1n) is 6.23. The van der Waals surface area contributed by atoms with Gasteiger partial charge in [0.1, 0.15) is 5.82 Å². The zero-order valence-corrected chi connectivity index (χ0v) is 11.1. The van der Waals surface area contributed by atoms with Gasteiger partial charge in [0.15, 0.2) is 0 Å². The summed E-state index contributed by atoms with van der Waals surface area (Å²) in [5.41, 5.74) is 0.712. The van der Waals surface area contributed by atoms with Crippen molar-refractivity contribution in [3.05, 3.63) is 34.6 Å². The average molecular weight is 256 g/mol. The Hall–Kier alpha value is -0.600. The number of hydrogen-bond acceptors (Lipinski definition) is 1. The van der Waals surface area contributed by atoms with Gasteiger partial charge in [0, 0.05) is 6.04 Å². The van der Waals surface area contributed by atoms with E-state index in [4.69, 9.17) is 11.6 Å². The van der Waals surface area contributed by atoms with E-state index in [1.807, 2.05) is 19.2 Å². The molecule has 0 saturated heterocycles. The molecule has 0 radical (unpaired) electrons. The maximum atomic E-state index is 13.8. The fourth-order valence-electron chi connectivity index (χ4n) is 2.44. The molecule has 1 aromatic rings. The second-order valence-corrected chi connectivity index (χ2v) is 5.42. The molecule has 1 saturated carbocycles. The van der Waals surface area contributed by atoms with Crippen LogP contribution in [0.25, 0.3) is 0 Å². The number of hydrogen-bond donors (Lipinski definition) is 1. The van der Waals surface area contributed by atoms with Crippen molar-refractivity contribution >= 4 is 11.6 Å². The van der Waals surface area contributed by atoms with Gasteiger partial charge in [-0.25, -0.2) is 4.39 Å². The van der Waals surface area contributed by atoms with Crippen molar-refractivity contribution in [1.29, 1.82) is 0 Å². The first kappa shape index (κ1) is 12.8. The average Bonchev–Trinajstić information content (AvgIpc) is 3.14. The Balaban J connectivity index is 2.09. The summed E-state index contributed by atoms with van der Waals surface area (Å²) in [6.45, 7) is 2.25. The molecule has 1 aliphatic carbocycles. The van der Waals surface area contributed by atoms with Gasteiger partial charge < -0.3 is 5.32 Å². The van der Waals surface area contributed by atoms with Crippen LogP contribution in [-0.4, -0.2) is 13.1 Å². The molecule has 1 N–H and O–H groups in total. The van der Waals surface area contributed by atoms with Gasteiger partial charge >= 0.3 is 0 Å². The van der Waals surface area contributed by atoms with Crippen LogP contribution in [0.5, 0.6) is 0 Å². The van der Waals surface area contributed by atoms with Gasteiger partial charge in [-0.15, -0.1) is 0 Å². The van der Waals surface area contributed by atoms with Crippen LogP contribution in [-0.2, 0) is 6.42 Å². The maximum Gasteiger partial charge on any atom is 0.145 e. The van der Waals surface area contributed by atoms with Gasteiger partial charge in [-0.3, -0.25) is 0 Å². The maximum absolute atomic E-state index is 13.8. The van der Waals surface area contributed by atoms with E-state index in [-0.39, 0.29) is 10.8 Å². The highest BCUT2D eigenvalue weighted by Gasteiger charge is 2.32. The molecular formula is C14H19ClFN. The van der Waals surface area contributed by atoms with Crippen molar-refractivity contribution in [3.63, 3.8) is 0 Å². The molecule has 2 unspecified atom stereocenters. The lowest BCUT2D eigenvalue weighted by Gasteiger charge is -2.23. The minimum Gasteiger partial charge on any atom is -0.316 e. The largest absolute Gasteiger partial charge is 0.316 e. The summed E-state index contributed by atoms with van der Waals surface area (Å²) in [4.78, 5) is 0. The van der Waals surface area contributed by atoms with E-state index in [2.05, 4.69) is 12.2 Å². The predicted molar refractivity (Wildman–Crippen MR) is 69.8 cm³/mol. The summed E-state index contributed by atoms with van der Waals surface area (Å²) in [6.07, 6.45) is 3.34. The molecule has 1 aliphatic rings. The van der Waals surface area contributed by atoms with Crippen LogP contribution in [0.1, 0.15) is 25.3 Å². The zero-order chi connectivity index (χ0) is 12.4. The Morgan fingerprint density at radius 2 is 2.18 bits per heavy atom. The highest BCUT2D eigenvalue weighted by atomic mass is 35.5. The third-order valence-electron chi connectivity index (χ3n) is 3.84. The molecule has 0 heterocycles. The van der Waals surface area contributed by atoms with E-state index in [1.165, 1.54) is 12.8 Å². The van der Waals surface area contributed by atoms with Crippen LogP contribution in [0.2, 0.25) is 5.02 Å².